The minimum atomic E-state index is -0.671. The van der Waals surface area contributed by atoms with E-state index in [-0.39, 0.29) is 12.4 Å². The fourth-order valence-corrected chi connectivity index (χ4v) is 1.88. The second kappa shape index (κ2) is 8.14. The van der Waals surface area contributed by atoms with Crippen molar-refractivity contribution in [3.8, 4) is 0 Å². The van der Waals surface area contributed by atoms with E-state index in [1.165, 1.54) is 6.20 Å². The molecule has 0 radical (unpaired) electrons. The van der Waals surface area contributed by atoms with Crippen molar-refractivity contribution in [1.29, 1.82) is 0 Å². The highest BCUT2D eigenvalue weighted by molar-refractivity contribution is 5.93. The van der Waals surface area contributed by atoms with Gasteiger partial charge in [-0.05, 0) is 38.5 Å². The van der Waals surface area contributed by atoms with Gasteiger partial charge < -0.3 is 9.47 Å². The van der Waals surface area contributed by atoms with Gasteiger partial charge in [-0.3, -0.25) is 10.6 Å². The Morgan fingerprint density at radius 1 is 1.00 bits per heavy atom. The summed E-state index contributed by atoms with van der Waals surface area (Å²) < 4.78 is 10.3. The summed E-state index contributed by atoms with van der Waals surface area (Å²) in [5, 5.41) is 5.06. The van der Waals surface area contributed by atoms with Crippen molar-refractivity contribution >= 4 is 23.7 Å². The zero-order valence-electron chi connectivity index (χ0n) is 14.4. The number of amides is 2. The van der Waals surface area contributed by atoms with E-state index in [0.29, 0.717) is 5.69 Å². The Morgan fingerprint density at radius 3 is 2.40 bits per heavy atom. The van der Waals surface area contributed by atoms with Gasteiger partial charge in [-0.25, -0.2) is 14.6 Å². The maximum atomic E-state index is 11.9. The molecule has 0 atom stereocenters. The van der Waals surface area contributed by atoms with Gasteiger partial charge >= 0.3 is 12.2 Å². The van der Waals surface area contributed by atoms with Crippen LogP contribution in [0.2, 0.25) is 0 Å². The van der Waals surface area contributed by atoms with Crippen molar-refractivity contribution in [2.24, 2.45) is 0 Å². The summed E-state index contributed by atoms with van der Waals surface area (Å²) in [5.74, 6) is 0.173. The van der Waals surface area contributed by atoms with Crippen molar-refractivity contribution in [3.63, 3.8) is 0 Å². The summed E-state index contributed by atoms with van der Waals surface area (Å²) >= 11 is 0. The number of nitrogens with zero attached hydrogens (tertiary/aromatic N) is 1. The molecule has 0 unspecified atom stereocenters. The van der Waals surface area contributed by atoms with Gasteiger partial charge in [-0.2, -0.15) is 0 Å². The summed E-state index contributed by atoms with van der Waals surface area (Å²) in [6, 6.07) is 12.5. The molecular formula is C18H21N3O4. The van der Waals surface area contributed by atoms with Gasteiger partial charge in [0.15, 0.2) is 5.82 Å². The fourth-order valence-electron chi connectivity index (χ4n) is 1.88. The first-order valence-electron chi connectivity index (χ1n) is 7.76. The van der Waals surface area contributed by atoms with E-state index in [2.05, 4.69) is 15.6 Å². The fraction of sp³-hybridized carbons (Fsp3) is 0.278. The van der Waals surface area contributed by atoms with Gasteiger partial charge in [0.1, 0.15) is 12.2 Å². The lowest BCUT2D eigenvalue weighted by Gasteiger charge is -2.20. The highest BCUT2D eigenvalue weighted by Crippen LogP contribution is 2.19. The number of rotatable bonds is 4. The van der Waals surface area contributed by atoms with E-state index in [4.69, 9.17) is 9.47 Å². The zero-order valence-corrected chi connectivity index (χ0v) is 14.4. The number of carbonyl (C=O) groups is 2. The van der Waals surface area contributed by atoms with Gasteiger partial charge in [0.25, 0.3) is 0 Å². The van der Waals surface area contributed by atoms with Crippen molar-refractivity contribution in [3.05, 3.63) is 54.2 Å². The first kappa shape index (κ1) is 18.3. The highest BCUT2D eigenvalue weighted by atomic mass is 16.6. The molecule has 132 valence electrons. The second-order valence-corrected chi connectivity index (χ2v) is 6.21. The zero-order chi connectivity index (χ0) is 18.3. The van der Waals surface area contributed by atoms with E-state index in [1.54, 1.807) is 32.9 Å². The molecule has 0 saturated carbocycles. The standard InChI is InChI=1S/C18H21N3O4/c1-18(2,3)25-17(23)20-14-10-7-11-19-15(14)21-16(22)24-12-13-8-5-4-6-9-13/h4-11H,12H2,1-3H3,(H,20,23)(H,19,21,22). The first-order valence-corrected chi connectivity index (χ1v) is 7.76. The summed E-state index contributed by atoms with van der Waals surface area (Å²) in [6.45, 7) is 5.41. The summed E-state index contributed by atoms with van der Waals surface area (Å²) in [4.78, 5) is 27.8. The third kappa shape index (κ3) is 6.50. The number of hydrogen-bond acceptors (Lipinski definition) is 5. The van der Waals surface area contributed by atoms with Gasteiger partial charge in [0.05, 0.1) is 5.69 Å². The van der Waals surface area contributed by atoms with Crippen molar-refractivity contribution < 1.29 is 19.1 Å². The van der Waals surface area contributed by atoms with Crippen LogP contribution >= 0.6 is 0 Å². The lowest BCUT2D eigenvalue weighted by Crippen LogP contribution is -2.27. The van der Waals surface area contributed by atoms with E-state index < -0.39 is 17.8 Å². The van der Waals surface area contributed by atoms with Crippen LogP contribution in [0.5, 0.6) is 0 Å². The maximum absolute atomic E-state index is 11.9. The van der Waals surface area contributed by atoms with Crippen LogP contribution in [0.15, 0.2) is 48.7 Å². The molecule has 0 fully saturated rings. The van der Waals surface area contributed by atoms with Gasteiger partial charge in [-0.1, -0.05) is 30.3 Å². The second-order valence-electron chi connectivity index (χ2n) is 6.21. The predicted molar refractivity (Wildman–Crippen MR) is 94.3 cm³/mol. The van der Waals surface area contributed by atoms with Crippen LogP contribution in [0.4, 0.5) is 21.1 Å². The number of aromatic nitrogens is 1. The number of benzene rings is 1. The summed E-state index contributed by atoms with van der Waals surface area (Å²) in [6.07, 6.45) is 0.184. The van der Waals surface area contributed by atoms with Crippen LogP contribution in [-0.2, 0) is 16.1 Å². The lowest BCUT2D eigenvalue weighted by molar-refractivity contribution is 0.0636. The Hall–Kier alpha value is -3.09. The molecule has 0 aliphatic carbocycles. The molecule has 0 bridgehead atoms. The molecule has 2 amide bonds. The largest absolute Gasteiger partial charge is 0.444 e. The molecule has 0 aliphatic rings. The van der Waals surface area contributed by atoms with Crippen molar-refractivity contribution in [2.45, 2.75) is 33.0 Å². The Morgan fingerprint density at radius 2 is 1.72 bits per heavy atom. The molecule has 7 heteroatoms. The molecule has 1 heterocycles. The van der Waals surface area contributed by atoms with Gasteiger partial charge in [0.2, 0.25) is 0 Å². The van der Waals surface area contributed by atoms with E-state index >= 15 is 0 Å². The normalized spacial score (nSPS) is 10.7. The molecule has 1 aromatic heterocycles. The van der Waals surface area contributed by atoms with Crippen LogP contribution in [0.25, 0.3) is 0 Å². The molecule has 2 aromatic rings. The minimum Gasteiger partial charge on any atom is -0.444 e. The van der Waals surface area contributed by atoms with Crippen LogP contribution in [-0.4, -0.2) is 22.8 Å². The molecule has 0 aliphatic heterocycles. The van der Waals surface area contributed by atoms with Gasteiger partial charge in [-0.15, -0.1) is 0 Å². The van der Waals surface area contributed by atoms with E-state index in [1.807, 2.05) is 30.3 Å². The molecule has 25 heavy (non-hydrogen) atoms. The number of carbonyl (C=O) groups excluding carboxylic acids is 2. The Balaban J connectivity index is 1.95. The summed E-state index contributed by atoms with van der Waals surface area (Å²) in [5.41, 5.74) is 0.549. The molecule has 1 aromatic carbocycles. The Bertz CT molecular complexity index is 727. The summed E-state index contributed by atoms with van der Waals surface area (Å²) in [7, 11) is 0. The SMILES string of the molecule is CC(C)(C)OC(=O)Nc1cccnc1NC(=O)OCc1ccccc1. The maximum Gasteiger partial charge on any atom is 0.413 e. The quantitative estimate of drug-likeness (QED) is 0.869. The first-order chi connectivity index (χ1) is 11.8. The van der Waals surface area contributed by atoms with Crippen molar-refractivity contribution in [2.75, 3.05) is 10.6 Å². The number of anilines is 2. The molecule has 0 saturated heterocycles. The van der Waals surface area contributed by atoms with Crippen molar-refractivity contribution in [1.82, 2.24) is 4.98 Å². The number of nitrogens with one attached hydrogen (secondary N) is 2. The topological polar surface area (TPSA) is 89.5 Å². The highest BCUT2D eigenvalue weighted by Gasteiger charge is 2.18. The monoisotopic (exact) mass is 343 g/mol. The molecule has 7 nitrogen and oxygen atoms in total. The van der Waals surface area contributed by atoms with Crippen LogP contribution in [0.1, 0.15) is 26.3 Å². The third-order valence-electron chi connectivity index (χ3n) is 2.88. The number of hydrogen-bond donors (Lipinski definition) is 2. The van der Waals surface area contributed by atoms with E-state index in [9.17, 15) is 9.59 Å². The number of ether oxygens (including phenoxy) is 2. The molecule has 2 rings (SSSR count). The van der Waals surface area contributed by atoms with Crippen LogP contribution in [0, 0.1) is 0 Å². The molecular weight excluding hydrogens is 322 g/mol. The average molecular weight is 343 g/mol. The van der Waals surface area contributed by atoms with Crippen LogP contribution in [0.3, 0.4) is 0 Å². The smallest absolute Gasteiger partial charge is 0.413 e. The molecule has 0 spiro atoms. The Labute approximate surface area is 146 Å². The Kier molecular flexibility index (Phi) is 5.94. The minimum absolute atomic E-state index is 0.133. The lowest BCUT2D eigenvalue weighted by atomic mass is 10.2. The van der Waals surface area contributed by atoms with Crippen LogP contribution < -0.4 is 10.6 Å². The predicted octanol–water partition coefficient (Wildman–Crippen LogP) is 4.18. The third-order valence-corrected chi connectivity index (χ3v) is 2.88. The van der Waals surface area contributed by atoms with Gasteiger partial charge in [0, 0.05) is 6.20 Å². The van der Waals surface area contributed by atoms with E-state index in [0.717, 1.165) is 5.56 Å². The molecule has 2 N–H and O–H groups in total. The number of pyridine rings is 1. The average Bonchev–Trinajstić information content (AvgIpc) is 2.54.